The van der Waals surface area contributed by atoms with Gasteiger partial charge in [0.15, 0.2) is 17.5 Å². The van der Waals surface area contributed by atoms with Crippen LogP contribution in [0.1, 0.15) is 0 Å². The number of aromatic nitrogens is 4. The fraction of sp³-hybridized carbons (Fsp3) is 0. The molecule has 55 heavy (non-hydrogen) atoms. The van der Waals surface area contributed by atoms with Gasteiger partial charge in [-0.15, -0.1) is 0 Å². The van der Waals surface area contributed by atoms with E-state index in [0.29, 0.717) is 17.5 Å². The smallest absolute Gasteiger partial charge is 0.164 e. The summed E-state index contributed by atoms with van der Waals surface area (Å²) in [7, 11) is 0. The monoisotopic (exact) mass is 700 g/mol. The van der Waals surface area contributed by atoms with Crippen LogP contribution in [0.5, 0.6) is 0 Å². The van der Waals surface area contributed by atoms with Crippen molar-refractivity contribution in [1.29, 1.82) is 0 Å². The number of rotatable bonds is 5. The Hall–Kier alpha value is -7.43. The van der Waals surface area contributed by atoms with Crippen molar-refractivity contribution < 1.29 is 0 Å². The van der Waals surface area contributed by atoms with Crippen LogP contribution in [0.25, 0.3) is 105 Å². The molecule has 4 heteroatoms. The van der Waals surface area contributed by atoms with Gasteiger partial charge in [-0.1, -0.05) is 170 Å². The Morgan fingerprint density at radius 2 is 0.891 bits per heavy atom. The molecule has 0 saturated carbocycles. The maximum atomic E-state index is 5.35. The van der Waals surface area contributed by atoms with E-state index in [1.165, 1.54) is 21.5 Å². The third-order valence-electron chi connectivity index (χ3n) is 10.8. The molecule has 0 aliphatic carbocycles. The summed E-state index contributed by atoms with van der Waals surface area (Å²) in [6.45, 7) is 0. The predicted molar refractivity (Wildman–Crippen MR) is 228 cm³/mol. The lowest BCUT2D eigenvalue weighted by Gasteiger charge is -2.16. The summed E-state index contributed by atoms with van der Waals surface area (Å²) in [5.74, 6) is 1.89. The van der Waals surface area contributed by atoms with Gasteiger partial charge in [-0.3, -0.25) is 0 Å². The zero-order valence-corrected chi connectivity index (χ0v) is 29.8. The fourth-order valence-electron chi connectivity index (χ4n) is 8.33. The highest BCUT2D eigenvalue weighted by atomic mass is 15.0. The van der Waals surface area contributed by atoms with Gasteiger partial charge < -0.3 is 4.57 Å². The number of benzene rings is 9. The van der Waals surface area contributed by atoms with Crippen LogP contribution in [0.2, 0.25) is 0 Å². The number of para-hydroxylation sites is 1. The first-order valence-corrected chi connectivity index (χ1v) is 18.6. The molecule has 11 rings (SSSR count). The second kappa shape index (κ2) is 12.6. The summed E-state index contributed by atoms with van der Waals surface area (Å²) >= 11 is 0. The number of nitrogens with zero attached hydrogens (tertiary/aromatic N) is 4. The molecule has 256 valence electrons. The van der Waals surface area contributed by atoms with Gasteiger partial charge in [0.1, 0.15) is 0 Å². The molecule has 2 heterocycles. The van der Waals surface area contributed by atoms with E-state index in [-0.39, 0.29) is 0 Å². The Morgan fingerprint density at radius 3 is 1.67 bits per heavy atom. The molecule has 0 bridgehead atoms. The molecule has 0 N–H and O–H groups in total. The molecule has 0 atom stereocenters. The van der Waals surface area contributed by atoms with Crippen molar-refractivity contribution >= 4 is 54.1 Å². The third kappa shape index (κ3) is 5.11. The summed E-state index contributed by atoms with van der Waals surface area (Å²) in [6, 6.07) is 68.6. The summed E-state index contributed by atoms with van der Waals surface area (Å²) in [5, 5.41) is 9.46. The molecule has 11 aromatic rings. The van der Waals surface area contributed by atoms with Crippen LogP contribution in [0.4, 0.5) is 0 Å². The van der Waals surface area contributed by atoms with Gasteiger partial charge in [0.2, 0.25) is 0 Å². The van der Waals surface area contributed by atoms with E-state index >= 15 is 0 Å². The highest BCUT2D eigenvalue weighted by molar-refractivity contribution is 6.22. The maximum absolute atomic E-state index is 5.35. The lowest BCUT2D eigenvalue weighted by atomic mass is 9.94. The molecule has 0 spiro atoms. The van der Waals surface area contributed by atoms with Crippen molar-refractivity contribution in [3.63, 3.8) is 0 Å². The Balaban J connectivity index is 1.20. The quantitative estimate of drug-likeness (QED) is 0.179. The standard InChI is InChI=1S/C51H32N4/c1-3-15-33(16-4-1)40-26-13-21-35-22-14-27-43(47(35)40)51-53-49(36-18-5-2-6-19-36)52-50(54-51)38-31-37-20-8-9-23-39(37)46(32-38)55-44-28-12-11-25-42(44)48-41-24-10-7-17-34(41)29-30-45(48)55/h1-32H. The molecule has 0 aliphatic heterocycles. The van der Waals surface area contributed by atoms with Crippen LogP contribution in [0, 0.1) is 0 Å². The molecule has 0 fully saturated rings. The first-order valence-electron chi connectivity index (χ1n) is 18.6. The van der Waals surface area contributed by atoms with E-state index in [9.17, 15) is 0 Å². The van der Waals surface area contributed by atoms with Crippen molar-refractivity contribution in [2.75, 3.05) is 0 Å². The lowest BCUT2D eigenvalue weighted by Crippen LogP contribution is -2.02. The molecular weight excluding hydrogens is 669 g/mol. The second-order valence-electron chi connectivity index (χ2n) is 14.0. The van der Waals surface area contributed by atoms with Gasteiger partial charge in [-0.2, -0.15) is 0 Å². The van der Waals surface area contributed by atoms with E-state index in [4.69, 9.17) is 15.0 Å². The maximum Gasteiger partial charge on any atom is 0.164 e. The molecule has 0 aliphatic rings. The summed E-state index contributed by atoms with van der Waals surface area (Å²) in [6.07, 6.45) is 0. The van der Waals surface area contributed by atoms with Crippen molar-refractivity contribution in [3.8, 4) is 51.0 Å². The average Bonchev–Trinajstić information content (AvgIpc) is 3.61. The van der Waals surface area contributed by atoms with Crippen molar-refractivity contribution in [2.45, 2.75) is 0 Å². The minimum Gasteiger partial charge on any atom is -0.309 e. The van der Waals surface area contributed by atoms with Crippen LogP contribution >= 0.6 is 0 Å². The lowest BCUT2D eigenvalue weighted by molar-refractivity contribution is 1.07. The van der Waals surface area contributed by atoms with Gasteiger partial charge in [0.05, 0.1) is 16.7 Å². The predicted octanol–water partition coefficient (Wildman–Crippen LogP) is 13.1. The average molecular weight is 701 g/mol. The molecule has 4 nitrogen and oxygen atoms in total. The minimum atomic E-state index is 0.622. The Morgan fingerprint density at radius 1 is 0.309 bits per heavy atom. The number of hydrogen-bond donors (Lipinski definition) is 0. The first kappa shape index (κ1) is 31.1. The van der Waals surface area contributed by atoms with Crippen molar-refractivity contribution in [3.05, 3.63) is 194 Å². The topological polar surface area (TPSA) is 43.6 Å². The first-order chi connectivity index (χ1) is 27.3. The van der Waals surface area contributed by atoms with Gasteiger partial charge in [0.25, 0.3) is 0 Å². The number of fused-ring (bicyclic) bond motifs is 7. The van der Waals surface area contributed by atoms with Gasteiger partial charge >= 0.3 is 0 Å². The molecular formula is C51H32N4. The minimum absolute atomic E-state index is 0.622. The summed E-state index contributed by atoms with van der Waals surface area (Å²) in [4.78, 5) is 15.8. The highest BCUT2D eigenvalue weighted by Gasteiger charge is 2.20. The van der Waals surface area contributed by atoms with E-state index in [1.807, 2.05) is 18.2 Å². The van der Waals surface area contributed by atoms with Gasteiger partial charge in [-0.05, 0) is 56.9 Å². The van der Waals surface area contributed by atoms with Crippen LogP contribution in [0.15, 0.2) is 194 Å². The van der Waals surface area contributed by atoms with Gasteiger partial charge in [0, 0.05) is 38.2 Å². The van der Waals surface area contributed by atoms with Crippen LogP contribution in [0.3, 0.4) is 0 Å². The Labute approximate surface area is 317 Å². The summed E-state index contributed by atoms with van der Waals surface area (Å²) in [5.41, 5.74) is 8.51. The fourth-order valence-corrected chi connectivity index (χ4v) is 8.33. The Bertz CT molecular complexity index is 3250. The molecule has 9 aromatic carbocycles. The second-order valence-corrected chi connectivity index (χ2v) is 14.0. The molecule has 0 amide bonds. The molecule has 2 aromatic heterocycles. The normalized spacial score (nSPS) is 11.6. The zero-order valence-electron chi connectivity index (χ0n) is 29.8. The van der Waals surface area contributed by atoms with Gasteiger partial charge in [-0.25, -0.2) is 15.0 Å². The third-order valence-corrected chi connectivity index (χ3v) is 10.8. The summed E-state index contributed by atoms with van der Waals surface area (Å²) < 4.78 is 2.42. The van der Waals surface area contributed by atoms with Crippen molar-refractivity contribution in [1.82, 2.24) is 19.5 Å². The van der Waals surface area contributed by atoms with E-state index in [0.717, 1.165) is 66.1 Å². The van der Waals surface area contributed by atoms with E-state index in [2.05, 4.69) is 180 Å². The van der Waals surface area contributed by atoms with Crippen LogP contribution in [-0.2, 0) is 0 Å². The van der Waals surface area contributed by atoms with Crippen LogP contribution in [-0.4, -0.2) is 19.5 Å². The van der Waals surface area contributed by atoms with E-state index in [1.54, 1.807) is 0 Å². The molecule has 0 radical (unpaired) electrons. The molecule has 0 saturated heterocycles. The van der Waals surface area contributed by atoms with Crippen molar-refractivity contribution in [2.24, 2.45) is 0 Å². The number of hydrogen-bond acceptors (Lipinski definition) is 3. The SMILES string of the molecule is c1ccc(-c2nc(-c3cc(-n4c5ccccc5c5c6ccccc6ccc54)c4ccccc4c3)nc(-c3cccc4cccc(-c5ccccc5)c34)n2)cc1. The molecule has 0 unspecified atom stereocenters. The Kier molecular flexibility index (Phi) is 7.14. The van der Waals surface area contributed by atoms with Crippen LogP contribution < -0.4 is 0 Å². The highest BCUT2D eigenvalue weighted by Crippen LogP contribution is 2.41. The largest absolute Gasteiger partial charge is 0.309 e. The zero-order chi connectivity index (χ0) is 36.3. The van der Waals surface area contributed by atoms with E-state index < -0.39 is 0 Å².